The Morgan fingerprint density at radius 3 is 2.55 bits per heavy atom. The van der Waals surface area contributed by atoms with E-state index in [9.17, 15) is 23.1 Å². The highest BCUT2D eigenvalue weighted by Gasteiger charge is 2.30. The van der Waals surface area contributed by atoms with Crippen LogP contribution in [0.3, 0.4) is 0 Å². The summed E-state index contributed by atoms with van der Waals surface area (Å²) in [6.45, 7) is 1.63. The van der Waals surface area contributed by atoms with Gasteiger partial charge >= 0.3 is 6.18 Å². The molecule has 2 aromatic carbocycles. The molecule has 0 aliphatic rings. The van der Waals surface area contributed by atoms with Crippen molar-refractivity contribution in [3.05, 3.63) is 83.2 Å². The third-order valence-corrected chi connectivity index (χ3v) is 4.11. The van der Waals surface area contributed by atoms with Crippen molar-refractivity contribution >= 4 is 11.6 Å². The maximum Gasteiger partial charge on any atom is 0.416 e. The van der Waals surface area contributed by atoms with E-state index in [0.29, 0.717) is 22.6 Å². The number of hydrogen-bond donors (Lipinski definition) is 2. The minimum absolute atomic E-state index is 0.0310. The summed E-state index contributed by atoms with van der Waals surface area (Å²) in [5.74, 6) is -0.327. The molecule has 1 aromatic heterocycles. The molecule has 1 heterocycles. The lowest BCUT2D eigenvalue weighted by atomic mass is 10.1. The van der Waals surface area contributed by atoms with Gasteiger partial charge in [0.2, 0.25) is 0 Å². The monoisotopic (exact) mass is 402 g/mol. The number of nitrogens with one attached hydrogen (secondary N) is 1. The first-order valence-electron chi connectivity index (χ1n) is 8.59. The van der Waals surface area contributed by atoms with Crippen molar-refractivity contribution in [1.82, 2.24) is 4.98 Å². The smallest absolute Gasteiger partial charge is 0.416 e. The molecular weight excluding hydrogens is 385 g/mol. The number of pyridine rings is 1. The van der Waals surface area contributed by atoms with Gasteiger partial charge in [-0.25, -0.2) is 4.98 Å². The first kappa shape index (κ1) is 20.2. The fourth-order valence-electron chi connectivity index (χ4n) is 2.55. The van der Waals surface area contributed by atoms with Gasteiger partial charge in [-0.3, -0.25) is 4.79 Å². The average Bonchev–Trinajstić information content (AvgIpc) is 2.69. The van der Waals surface area contributed by atoms with Gasteiger partial charge in [0.25, 0.3) is 5.91 Å². The molecule has 0 atom stereocenters. The van der Waals surface area contributed by atoms with E-state index in [1.165, 1.54) is 12.3 Å². The number of alkyl halides is 3. The normalized spacial score (nSPS) is 11.2. The third kappa shape index (κ3) is 5.04. The molecule has 0 aliphatic heterocycles. The van der Waals surface area contributed by atoms with E-state index in [1.807, 2.05) is 0 Å². The van der Waals surface area contributed by atoms with Crippen LogP contribution in [0.15, 0.2) is 60.8 Å². The van der Waals surface area contributed by atoms with Crippen molar-refractivity contribution in [2.75, 3.05) is 5.32 Å². The Morgan fingerprint density at radius 1 is 1.14 bits per heavy atom. The number of ether oxygens (including phenoxy) is 1. The summed E-state index contributed by atoms with van der Waals surface area (Å²) >= 11 is 0. The summed E-state index contributed by atoms with van der Waals surface area (Å²) in [5, 5.41) is 12.5. The van der Waals surface area contributed by atoms with Crippen LogP contribution in [-0.2, 0) is 12.8 Å². The second kappa shape index (κ2) is 8.22. The van der Waals surface area contributed by atoms with Crippen molar-refractivity contribution < 1.29 is 27.8 Å². The molecule has 5 nitrogen and oxygen atoms in total. The highest BCUT2D eigenvalue weighted by atomic mass is 19.4. The number of nitrogens with zero attached hydrogens (tertiary/aromatic N) is 1. The fraction of sp³-hybridized carbons (Fsp3) is 0.143. The molecule has 3 rings (SSSR count). The van der Waals surface area contributed by atoms with Gasteiger partial charge in [-0.15, -0.1) is 0 Å². The first-order chi connectivity index (χ1) is 13.7. The number of anilines is 1. The highest BCUT2D eigenvalue weighted by molar-refractivity contribution is 6.04. The Bertz CT molecular complexity index is 1020. The van der Waals surface area contributed by atoms with Gasteiger partial charge in [0.1, 0.15) is 18.1 Å². The van der Waals surface area contributed by atoms with Crippen LogP contribution >= 0.6 is 0 Å². The molecular formula is C21H17F3N2O3. The summed E-state index contributed by atoms with van der Waals surface area (Å²) in [4.78, 5) is 16.1. The van der Waals surface area contributed by atoms with Crippen molar-refractivity contribution in [1.29, 1.82) is 0 Å². The van der Waals surface area contributed by atoms with E-state index in [1.54, 1.807) is 43.3 Å². The maximum atomic E-state index is 12.8. The van der Waals surface area contributed by atoms with Crippen LogP contribution in [0.4, 0.5) is 18.9 Å². The molecule has 0 bridgehead atoms. The van der Waals surface area contributed by atoms with Gasteiger partial charge in [0.05, 0.1) is 5.56 Å². The van der Waals surface area contributed by atoms with Crippen molar-refractivity contribution in [2.45, 2.75) is 19.7 Å². The molecule has 0 saturated heterocycles. The van der Waals surface area contributed by atoms with Gasteiger partial charge < -0.3 is 15.2 Å². The topological polar surface area (TPSA) is 71.5 Å². The number of carbonyl (C=O) groups excluding carboxylic acids is 1. The minimum Gasteiger partial charge on any atom is -0.505 e. The lowest BCUT2D eigenvalue weighted by molar-refractivity contribution is -0.137. The van der Waals surface area contributed by atoms with E-state index >= 15 is 0 Å². The third-order valence-electron chi connectivity index (χ3n) is 4.11. The zero-order valence-electron chi connectivity index (χ0n) is 15.3. The van der Waals surface area contributed by atoms with Gasteiger partial charge in [-0.2, -0.15) is 13.2 Å². The van der Waals surface area contributed by atoms with Crippen LogP contribution in [0.25, 0.3) is 0 Å². The van der Waals surface area contributed by atoms with Gasteiger partial charge in [0.15, 0.2) is 5.69 Å². The zero-order valence-corrected chi connectivity index (χ0v) is 15.3. The lowest BCUT2D eigenvalue weighted by Crippen LogP contribution is -2.14. The molecule has 2 N–H and O–H groups in total. The second-order valence-corrected chi connectivity index (χ2v) is 6.29. The first-order valence-corrected chi connectivity index (χ1v) is 8.59. The van der Waals surface area contributed by atoms with Gasteiger partial charge in [-0.1, -0.05) is 12.1 Å². The number of aromatic nitrogens is 1. The Labute approximate surface area is 164 Å². The molecule has 8 heteroatoms. The van der Waals surface area contributed by atoms with E-state index in [4.69, 9.17) is 4.74 Å². The van der Waals surface area contributed by atoms with Crippen LogP contribution in [-0.4, -0.2) is 16.0 Å². The second-order valence-electron chi connectivity index (χ2n) is 6.29. The number of aryl methyl sites for hydroxylation is 1. The molecule has 150 valence electrons. The Balaban J connectivity index is 1.62. The molecule has 29 heavy (non-hydrogen) atoms. The van der Waals surface area contributed by atoms with E-state index < -0.39 is 17.6 Å². The number of amides is 1. The van der Waals surface area contributed by atoms with Crippen molar-refractivity contribution in [3.8, 4) is 11.5 Å². The summed E-state index contributed by atoms with van der Waals surface area (Å²) < 4.78 is 43.8. The summed E-state index contributed by atoms with van der Waals surface area (Å²) in [6.07, 6.45) is -2.98. The molecule has 0 fully saturated rings. The summed E-state index contributed by atoms with van der Waals surface area (Å²) in [5.41, 5.74) is 0.547. The quantitative estimate of drug-likeness (QED) is 0.634. The molecule has 0 aliphatic carbocycles. The fourth-order valence-corrected chi connectivity index (χ4v) is 2.55. The molecule has 3 aromatic rings. The number of halogens is 3. The zero-order chi connectivity index (χ0) is 21.0. The largest absolute Gasteiger partial charge is 0.505 e. The molecule has 1 amide bonds. The Kier molecular flexibility index (Phi) is 5.72. The highest BCUT2D eigenvalue weighted by Crippen LogP contribution is 2.30. The van der Waals surface area contributed by atoms with E-state index in [2.05, 4.69) is 10.3 Å². The summed E-state index contributed by atoms with van der Waals surface area (Å²) in [6, 6.07) is 12.8. The standard InChI is InChI=1S/C21H17F3N2O3/c1-13-9-10-25-18(19(13)27)20(28)26-16-5-7-17(8-6-16)29-12-14-3-2-4-15(11-14)21(22,23)24/h2-11,27H,12H2,1H3,(H,26,28). The molecule has 0 unspecified atom stereocenters. The average molecular weight is 402 g/mol. The Morgan fingerprint density at radius 2 is 1.86 bits per heavy atom. The molecule has 0 radical (unpaired) electrons. The lowest BCUT2D eigenvalue weighted by Gasteiger charge is -2.11. The van der Waals surface area contributed by atoms with Crippen molar-refractivity contribution in [3.63, 3.8) is 0 Å². The Hall–Kier alpha value is -3.55. The number of aromatic hydroxyl groups is 1. The molecule has 0 spiro atoms. The van der Waals surface area contributed by atoms with Crippen LogP contribution < -0.4 is 10.1 Å². The predicted octanol–water partition coefficient (Wildman–Crippen LogP) is 4.95. The van der Waals surface area contributed by atoms with Crippen LogP contribution in [0.5, 0.6) is 11.5 Å². The van der Waals surface area contributed by atoms with E-state index in [0.717, 1.165) is 12.1 Å². The van der Waals surface area contributed by atoms with Gasteiger partial charge in [0, 0.05) is 11.9 Å². The number of benzene rings is 2. The van der Waals surface area contributed by atoms with Gasteiger partial charge in [-0.05, 0) is 60.5 Å². The van der Waals surface area contributed by atoms with Crippen LogP contribution in [0, 0.1) is 6.92 Å². The number of rotatable bonds is 5. The van der Waals surface area contributed by atoms with E-state index in [-0.39, 0.29) is 18.1 Å². The SMILES string of the molecule is Cc1ccnc(C(=O)Nc2ccc(OCc3cccc(C(F)(F)F)c3)cc2)c1O. The van der Waals surface area contributed by atoms with Crippen LogP contribution in [0.2, 0.25) is 0 Å². The summed E-state index contributed by atoms with van der Waals surface area (Å²) in [7, 11) is 0. The minimum atomic E-state index is -4.41. The van der Waals surface area contributed by atoms with Crippen molar-refractivity contribution in [2.24, 2.45) is 0 Å². The number of carbonyl (C=O) groups is 1. The molecule has 0 saturated carbocycles. The predicted molar refractivity (Wildman–Crippen MR) is 101 cm³/mol. The maximum absolute atomic E-state index is 12.8. The van der Waals surface area contributed by atoms with Crippen LogP contribution in [0.1, 0.15) is 27.2 Å². The number of hydrogen-bond acceptors (Lipinski definition) is 4.